The number of carbonyl (C=O) groups is 3. The number of unbranched alkanes of at least 4 members (excludes halogenated alkanes) is 2. The Morgan fingerprint density at radius 2 is 1.70 bits per heavy atom. The van der Waals surface area contributed by atoms with E-state index in [4.69, 9.17) is 26.3 Å². The molecule has 2 aromatic rings. The Bertz CT molecular complexity index is 1340. The molecule has 1 aliphatic carbocycles. The summed E-state index contributed by atoms with van der Waals surface area (Å²) in [6.45, 7) is 1.93. The lowest BCUT2D eigenvalue weighted by Gasteiger charge is -2.18. The third kappa shape index (κ3) is 7.62. The number of anilines is 1. The summed E-state index contributed by atoms with van der Waals surface area (Å²) in [7, 11) is 0. The molecule has 0 radical (unpaired) electrons. The second-order valence-electron chi connectivity index (χ2n) is 8.96. The molecular formula is C28H26Br2ClFN2O6. The first-order chi connectivity index (χ1) is 19.1. The van der Waals surface area contributed by atoms with E-state index in [1.807, 2.05) is 13.0 Å². The van der Waals surface area contributed by atoms with Crippen molar-refractivity contribution in [3.8, 4) is 17.6 Å². The highest BCUT2D eigenvalue weighted by molar-refractivity contribution is 9.11. The van der Waals surface area contributed by atoms with Crippen LogP contribution in [0.4, 0.5) is 10.1 Å². The summed E-state index contributed by atoms with van der Waals surface area (Å²) in [5.41, 5.74) is 1.18. The summed E-state index contributed by atoms with van der Waals surface area (Å²) in [6, 6.07) is 7.22. The summed E-state index contributed by atoms with van der Waals surface area (Å²) in [6.07, 6.45) is 5.40. The first-order valence-electron chi connectivity index (χ1n) is 12.5. The average Bonchev–Trinajstić information content (AvgIpc) is 3.19. The van der Waals surface area contributed by atoms with Crippen molar-refractivity contribution in [2.45, 2.75) is 51.9 Å². The first kappa shape index (κ1) is 31.6. The SMILES string of the molecule is CCCCCOC(=O)COc1cc(N2C(=O)C3=C(CCCC3)C2=O)c(F)cc1Cl.N#Cc1cc(Br)c(O)c(Br)c1. The summed E-state index contributed by atoms with van der Waals surface area (Å²) in [5, 5.41) is 17.7. The van der Waals surface area contributed by atoms with E-state index in [0.29, 0.717) is 45.1 Å². The quantitative estimate of drug-likeness (QED) is 0.177. The van der Waals surface area contributed by atoms with Gasteiger partial charge in [-0.3, -0.25) is 9.59 Å². The van der Waals surface area contributed by atoms with E-state index in [9.17, 15) is 23.9 Å². The molecule has 8 nitrogen and oxygen atoms in total. The van der Waals surface area contributed by atoms with Crippen molar-refractivity contribution in [3.63, 3.8) is 0 Å². The average molecular weight is 701 g/mol. The van der Waals surface area contributed by atoms with Crippen LogP contribution in [0.5, 0.6) is 11.5 Å². The zero-order valence-corrected chi connectivity index (χ0v) is 25.5. The number of phenolic OH excluding ortho intramolecular Hbond substituents is 1. The molecule has 1 heterocycles. The maximum Gasteiger partial charge on any atom is 0.344 e. The number of benzene rings is 2. The van der Waals surface area contributed by atoms with E-state index in [-0.39, 0.29) is 22.2 Å². The molecule has 0 saturated heterocycles. The predicted octanol–water partition coefficient (Wildman–Crippen LogP) is 7.12. The molecule has 0 spiro atoms. The zero-order chi connectivity index (χ0) is 29.4. The Kier molecular flexibility index (Phi) is 11.5. The molecule has 0 atom stereocenters. The van der Waals surface area contributed by atoms with E-state index in [1.54, 1.807) is 12.1 Å². The van der Waals surface area contributed by atoms with Crippen LogP contribution in [0, 0.1) is 17.1 Å². The minimum Gasteiger partial charge on any atom is -0.506 e. The van der Waals surface area contributed by atoms with Crippen molar-refractivity contribution in [1.29, 1.82) is 5.26 Å². The fourth-order valence-corrected chi connectivity index (χ4v) is 5.50. The Hall–Kier alpha value is -2.94. The van der Waals surface area contributed by atoms with Crippen LogP contribution in [0.1, 0.15) is 57.4 Å². The summed E-state index contributed by atoms with van der Waals surface area (Å²) in [4.78, 5) is 38.0. The van der Waals surface area contributed by atoms with Gasteiger partial charge >= 0.3 is 5.97 Å². The van der Waals surface area contributed by atoms with Crippen LogP contribution in [0.2, 0.25) is 5.02 Å². The van der Waals surface area contributed by atoms with Gasteiger partial charge < -0.3 is 14.6 Å². The lowest BCUT2D eigenvalue weighted by molar-refractivity contribution is -0.146. The molecule has 0 saturated carbocycles. The molecule has 1 N–H and O–H groups in total. The maximum atomic E-state index is 14.5. The number of hydrogen-bond donors (Lipinski definition) is 1. The topological polar surface area (TPSA) is 117 Å². The zero-order valence-electron chi connectivity index (χ0n) is 21.6. The van der Waals surface area contributed by atoms with Crippen molar-refractivity contribution < 1.29 is 33.4 Å². The molecule has 1 aliphatic heterocycles. The fraction of sp³-hybridized carbons (Fsp3) is 0.357. The predicted molar refractivity (Wildman–Crippen MR) is 154 cm³/mol. The van der Waals surface area contributed by atoms with Crippen LogP contribution < -0.4 is 9.64 Å². The van der Waals surface area contributed by atoms with Gasteiger partial charge in [-0.25, -0.2) is 14.1 Å². The van der Waals surface area contributed by atoms with Gasteiger partial charge in [0.05, 0.1) is 37.9 Å². The normalized spacial score (nSPS) is 14.3. The minimum absolute atomic E-state index is 0.000883. The molecule has 0 bridgehead atoms. The largest absolute Gasteiger partial charge is 0.506 e. The molecule has 2 aliphatic rings. The number of carbonyl (C=O) groups excluding carboxylic acids is 3. The Morgan fingerprint density at radius 3 is 2.25 bits per heavy atom. The number of nitrogens with zero attached hydrogens (tertiary/aromatic N) is 2. The van der Waals surface area contributed by atoms with Crippen LogP contribution in [0.3, 0.4) is 0 Å². The summed E-state index contributed by atoms with van der Waals surface area (Å²) in [5.74, 6) is -2.29. The van der Waals surface area contributed by atoms with Gasteiger partial charge in [0, 0.05) is 17.2 Å². The third-order valence-corrected chi connectivity index (χ3v) is 7.64. The van der Waals surface area contributed by atoms with Crippen LogP contribution in [-0.2, 0) is 19.1 Å². The number of amides is 2. The van der Waals surface area contributed by atoms with Crippen LogP contribution in [0.25, 0.3) is 0 Å². The van der Waals surface area contributed by atoms with Crippen molar-refractivity contribution >= 4 is 66.9 Å². The molecule has 12 heteroatoms. The van der Waals surface area contributed by atoms with Gasteiger partial charge in [0.15, 0.2) is 6.61 Å². The molecule has 0 aromatic heterocycles. The number of esters is 1. The van der Waals surface area contributed by atoms with Crippen molar-refractivity contribution in [3.05, 3.63) is 60.8 Å². The summed E-state index contributed by atoms with van der Waals surface area (Å²) >= 11 is 12.2. The second kappa shape index (κ2) is 14.6. The molecule has 40 heavy (non-hydrogen) atoms. The maximum absolute atomic E-state index is 14.5. The monoisotopic (exact) mass is 698 g/mol. The van der Waals surface area contributed by atoms with E-state index < -0.39 is 30.2 Å². The molecule has 4 rings (SSSR count). The Labute approximate surface area is 252 Å². The van der Waals surface area contributed by atoms with Crippen LogP contribution in [-0.4, -0.2) is 36.1 Å². The number of hydrogen-bond acceptors (Lipinski definition) is 7. The lowest BCUT2D eigenvalue weighted by Crippen LogP contribution is -2.32. The van der Waals surface area contributed by atoms with Gasteiger partial charge in [0.1, 0.15) is 17.3 Å². The number of rotatable bonds is 8. The van der Waals surface area contributed by atoms with Gasteiger partial charge in [-0.05, 0) is 82.2 Å². The molecule has 0 unspecified atom stereocenters. The summed E-state index contributed by atoms with van der Waals surface area (Å²) < 4.78 is 26.0. The van der Waals surface area contributed by atoms with Gasteiger partial charge in [-0.2, -0.15) is 5.26 Å². The number of aromatic hydroxyl groups is 1. The number of ether oxygens (including phenoxy) is 2. The van der Waals surface area contributed by atoms with Gasteiger partial charge in [-0.15, -0.1) is 0 Å². The molecule has 2 aromatic carbocycles. The Balaban J connectivity index is 0.000000336. The highest BCUT2D eigenvalue weighted by Gasteiger charge is 2.41. The number of imide groups is 1. The first-order valence-corrected chi connectivity index (χ1v) is 14.5. The van der Waals surface area contributed by atoms with Gasteiger partial charge in [-0.1, -0.05) is 31.4 Å². The van der Waals surface area contributed by atoms with Crippen molar-refractivity contribution in [2.75, 3.05) is 18.1 Å². The second-order valence-corrected chi connectivity index (χ2v) is 11.1. The van der Waals surface area contributed by atoms with Crippen LogP contribution >= 0.6 is 43.5 Å². The van der Waals surface area contributed by atoms with Crippen LogP contribution in [0.15, 0.2) is 44.4 Å². The molecule has 212 valence electrons. The lowest BCUT2D eigenvalue weighted by atomic mass is 9.93. The van der Waals surface area contributed by atoms with E-state index >= 15 is 0 Å². The molecular weight excluding hydrogens is 675 g/mol. The number of halogens is 4. The highest BCUT2D eigenvalue weighted by atomic mass is 79.9. The molecule has 0 fully saturated rings. The smallest absolute Gasteiger partial charge is 0.344 e. The Morgan fingerprint density at radius 1 is 1.10 bits per heavy atom. The van der Waals surface area contributed by atoms with E-state index in [1.165, 1.54) is 6.07 Å². The number of nitriles is 1. The van der Waals surface area contributed by atoms with Gasteiger partial charge in [0.2, 0.25) is 0 Å². The van der Waals surface area contributed by atoms with E-state index in [2.05, 4.69) is 31.9 Å². The third-order valence-electron chi connectivity index (χ3n) is 6.14. The molecule has 2 amide bonds. The van der Waals surface area contributed by atoms with E-state index in [0.717, 1.165) is 43.1 Å². The standard InChI is InChI=1S/C21H23ClFNO5.C7H3Br2NO/c1-2-3-6-9-28-19(25)12-29-18-11-17(16(23)10-15(18)22)24-20(26)13-7-4-5-8-14(13)21(24)27;8-5-1-4(3-10)2-6(9)7(5)11/h10-11H,2-9,12H2,1H3;1-2,11H. The van der Waals surface area contributed by atoms with Crippen molar-refractivity contribution in [2.24, 2.45) is 0 Å². The minimum atomic E-state index is -0.814. The fourth-order valence-electron chi connectivity index (χ4n) is 4.11. The number of phenols is 1. The van der Waals surface area contributed by atoms with Crippen molar-refractivity contribution in [1.82, 2.24) is 0 Å². The van der Waals surface area contributed by atoms with Gasteiger partial charge in [0.25, 0.3) is 11.8 Å². The highest BCUT2D eigenvalue weighted by Crippen LogP contribution is 2.39.